The molecule has 4 aromatic rings. The first-order valence-electron chi connectivity index (χ1n) is 18.4. The van der Waals surface area contributed by atoms with Gasteiger partial charge in [-0.2, -0.15) is 4.98 Å². The normalized spacial score (nSPS) is 16.8. The van der Waals surface area contributed by atoms with Crippen molar-refractivity contribution < 1.29 is 42.6 Å². The van der Waals surface area contributed by atoms with E-state index in [1.807, 2.05) is 4.90 Å². The smallest absolute Gasteiger partial charge is 0.255 e. The second-order valence-corrected chi connectivity index (χ2v) is 14.4. The average Bonchev–Trinajstić information content (AvgIpc) is 3.50. The van der Waals surface area contributed by atoms with Gasteiger partial charge in [0.25, 0.3) is 5.91 Å². The Hall–Kier alpha value is -6.10. The molecule has 0 radical (unpaired) electrons. The monoisotopic (exact) mass is 804 g/mol. The summed E-state index contributed by atoms with van der Waals surface area (Å²) in [6.07, 6.45) is 0.437. The molecule has 3 aliphatic heterocycles. The number of carbonyl (C=O) groups excluding carboxylic acids is 5. The molecule has 3 aromatic carbocycles. The highest BCUT2D eigenvalue weighted by Crippen LogP contribution is 2.42. The minimum absolute atomic E-state index is 0.00136. The number of fused-ring (bicyclic) bond motifs is 2. The van der Waals surface area contributed by atoms with Gasteiger partial charge < -0.3 is 34.8 Å². The van der Waals surface area contributed by atoms with E-state index in [2.05, 4.69) is 20.6 Å². The Morgan fingerprint density at radius 3 is 2.56 bits per heavy atom. The lowest BCUT2D eigenvalue weighted by Gasteiger charge is -2.35. The summed E-state index contributed by atoms with van der Waals surface area (Å²) in [5.74, 6) is -2.97. The zero-order valence-corrected chi connectivity index (χ0v) is 31.9. The standard InChI is InChI=1S/C39H39ClF2N8O7/c1-21(51)48-12-14-49(15-13-48)36-25-19-26(40)32(33-27(41)4-3-5-29(33)52)34(42)35(25)45-39(46-36)43-11-10-31(54)47(2)16-17-57-23-6-7-24-22(18-23)20-50(38(24)56)28-8-9-30(53)44-37(28)55/h3-7,18-19,28,52H,8-17,20H2,1-2H3,(H,43,45,46)(H,44,53,55). The second kappa shape index (κ2) is 16.2. The molecular weight excluding hydrogens is 766 g/mol. The maximum Gasteiger partial charge on any atom is 0.255 e. The van der Waals surface area contributed by atoms with Crippen molar-refractivity contribution in [3.05, 3.63) is 70.2 Å². The Kier molecular flexibility index (Phi) is 11.1. The van der Waals surface area contributed by atoms with Crippen LogP contribution in [0, 0.1) is 11.6 Å². The molecule has 5 amide bonds. The SMILES string of the molecule is CC(=O)N1CCN(c2nc(NCCC(=O)N(C)CCOc3ccc4c(c3)CN(C3CCC(=O)NC3=O)C4=O)nc3c(F)c(-c4c(O)cccc4F)c(Cl)cc23)CC1. The maximum absolute atomic E-state index is 16.4. The molecule has 0 aliphatic carbocycles. The summed E-state index contributed by atoms with van der Waals surface area (Å²) >= 11 is 6.54. The molecule has 18 heteroatoms. The Balaban J connectivity index is 1.00. The highest BCUT2D eigenvalue weighted by atomic mass is 35.5. The van der Waals surface area contributed by atoms with Gasteiger partial charge in [-0.3, -0.25) is 29.3 Å². The van der Waals surface area contributed by atoms with Gasteiger partial charge in [-0.1, -0.05) is 17.7 Å². The van der Waals surface area contributed by atoms with Crippen LogP contribution in [0.2, 0.25) is 5.02 Å². The van der Waals surface area contributed by atoms with E-state index in [0.29, 0.717) is 48.9 Å². The zero-order valence-electron chi connectivity index (χ0n) is 31.1. The van der Waals surface area contributed by atoms with Crippen LogP contribution in [0.4, 0.5) is 20.5 Å². The number of hydrogen-bond acceptors (Lipinski definition) is 11. The van der Waals surface area contributed by atoms with Crippen molar-refractivity contribution >= 4 is 63.8 Å². The van der Waals surface area contributed by atoms with Crippen LogP contribution in [0.1, 0.15) is 42.1 Å². The summed E-state index contributed by atoms with van der Waals surface area (Å²) in [6.45, 7) is 3.72. The number of piperazine rings is 1. The molecule has 7 rings (SSSR count). The van der Waals surface area contributed by atoms with Gasteiger partial charge >= 0.3 is 0 Å². The third-order valence-electron chi connectivity index (χ3n) is 10.4. The van der Waals surface area contributed by atoms with Crippen LogP contribution in [0.3, 0.4) is 0 Å². The van der Waals surface area contributed by atoms with Crippen molar-refractivity contribution in [3.63, 3.8) is 0 Å². The van der Waals surface area contributed by atoms with Gasteiger partial charge in [0, 0.05) is 82.6 Å². The van der Waals surface area contributed by atoms with Gasteiger partial charge in [-0.15, -0.1) is 0 Å². The molecule has 298 valence electrons. The molecule has 15 nitrogen and oxygen atoms in total. The van der Waals surface area contributed by atoms with E-state index in [1.165, 1.54) is 34.9 Å². The van der Waals surface area contributed by atoms with E-state index in [0.717, 1.165) is 6.07 Å². The lowest BCUT2D eigenvalue weighted by Crippen LogP contribution is -2.52. The van der Waals surface area contributed by atoms with Crippen LogP contribution in [0.15, 0.2) is 42.5 Å². The first kappa shape index (κ1) is 39.1. The van der Waals surface area contributed by atoms with Crippen molar-refractivity contribution in [2.45, 2.75) is 38.8 Å². The van der Waals surface area contributed by atoms with Gasteiger partial charge in [-0.05, 0) is 48.4 Å². The molecule has 0 spiro atoms. The maximum atomic E-state index is 16.4. The van der Waals surface area contributed by atoms with Crippen LogP contribution < -0.4 is 20.3 Å². The highest BCUT2D eigenvalue weighted by molar-refractivity contribution is 6.34. The highest BCUT2D eigenvalue weighted by Gasteiger charge is 2.39. The minimum atomic E-state index is -0.968. The number of rotatable bonds is 11. The predicted octanol–water partition coefficient (Wildman–Crippen LogP) is 3.70. The van der Waals surface area contributed by atoms with Crippen LogP contribution in [0.25, 0.3) is 22.0 Å². The number of imide groups is 1. The third-order valence-corrected chi connectivity index (χ3v) is 10.7. The van der Waals surface area contributed by atoms with Crippen molar-refractivity contribution in [3.8, 4) is 22.6 Å². The number of halogens is 3. The van der Waals surface area contributed by atoms with Crippen molar-refractivity contribution in [2.24, 2.45) is 0 Å². The zero-order chi connectivity index (χ0) is 40.5. The van der Waals surface area contributed by atoms with E-state index in [-0.39, 0.29) is 96.6 Å². The van der Waals surface area contributed by atoms with E-state index in [4.69, 9.17) is 16.3 Å². The predicted molar refractivity (Wildman–Crippen MR) is 205 cm³/mol. The lowest BCUT2D eigenvalue weighted by molar-refractivity contribution is -0.137. The van der Waals surface area contributed by atoms with E-state index in [1.54, 1.807) is 30.1 Å². The molecule has 1 aromatic heterocycles. The molecule has 1 unspecified atom stereocenters. The number of aromatic nitrogens is 2. The number of aromatic hydroxyl groups is 1. The number of carbonyl (C=O) groups is 5. The topological polar surface area (TPSA) is 178 Å². The fraction of sp³-hybridized carbons (Fsp3) is 0.359. The van der Waals surface area contributed by atoms with Crippen molar-refractivity contribution in [2.75, 3.05) is 63.1 Å². The lowest BCUT2D eigenvalue weighted by atomic mass is 10.0. The molecule has 57 heavy (non-hydrogen) atoms. The summed E-state index contributed by atoms with van der Waals surface area (Å²) < 4.78 is 37.2. The number of likely N-dealkylation sites (N-methyl/N-ethyl adjacent to an activating group) is 1. The van der Waals surface area contributed by atoms with Crippen LogP contribution in [0.5, 0.6) is 11.5 Å². The average molecular weight is 805 g/mol. The Morgan fingerprint density at radius 1 is 1.07 bits per heavy atom. The van der Waals surface area contributed by atoms with Crippen molar-refractivity contribution in [1.82, 2.24) is 30.0 Å². The Labute approximate surface area is 330 Å². The quantitative estimate of drug-likeness (QED) is 0.189. The van der Waals surface area contributed by atoms with Gasteiger partial charge in [0.05, 0.1) is 17.1 Å². The molecule has 3 N–H and O–H groups in total. The number of nitrogens with zero attached hydrogens (tertiary/aromatic N) is 6. The fourth-order valence-corrected chi connectivity index (χ4v) is 7.55. The molecule has 1 atom stereocenters. The molecule has 0 saturated carbocycles. The molecule has 3 aliphatic rings. The number of hydrogen-bond donors (Lipinski definition) is 3. The summed E-state index contributed by atoms with van der Waals surface area (Å²) in [5, 5.41) is 15.8. The number of piperidine rings is 1. The number of amides is 5. The fourth-order valence-electron chi connectivity index (χ4n) is 7.26. The van der Waals surface area contributed by atoms with Gasteiger partial charge in [-0.25, -0.2) is 13.8 Å². The van der Waals surface area contributed by atoms with E-state index >= 15 is 4.39 Å². The van der Waals surface area contributed by atoms with E-state index < -0.39 is 34.9 Å². The number of nitrogens with one attached hydrogen (secondary N) is 2. The number of ether oxygens (including phenoxy) is 1. The molecule has 4 heterocycles. The van der Waals surface area contributed by atoms with E-state index in [9.17, 15) is 33.5 Å². The van der Waals surface area contributed by atoms with Crippen LogP contribution in [-0.4, -0.2) is 118 Å². The molecule has 2 saturated heterocycles. The van der Waals surface area contributed by atoms with Crippen LogP contribution >= 0.6 is 11.6 Å². The molecular formula is C39H39ClF2N8O7. The number of benzene rings is 3. The van der Waals surface area contributed by atoms with Crippen LogP contribution in [-0.2, 0) is 25.7 Å². The number of phenols is 1. The number of phenolic OH excluding ortho intramolecular Hbond substituents is 1. The summed E-state index contributed by atoms with van der Waals surface area (Å²) in [4.78, 5) is 77.5. The van der Waals surface area contributed by atoms with Gasteiger partial charge in [0.2, 0.25) is 29.6 Å². The van der Waals surface area contributed by atoms with Gasteiger partial charge in [0.1, 0.15) is 41.3 Å². The number of anilines is 2. The minimum Gasteiger partial charge on any atom is -0.507 e. The molecule has 0 bridgehead atoms. The summed E-state index contributed by atoms with van der Waals surface area (Å²) in [5.41, 5.74) is 0.199. The first-order valence-corrected chi connectivity index (χ1v) is 18.7. The van der Waals surface area contributed by atoms with Gasteiger partial charge in [0.15, 0.2) is 5.82 Å². The Morgan fingerprint density at radius 2 is 1.84 bits per heavy atom. The Bertz CT molecular complexity index is 2280. The molecule has 2 fully saturated rings. The third kappa shape index (κ3) is 7.96. The summed E-state index contributed by atoms with van der Waals surface area (Å²) in [7, 11) is 1.62. The second-order valence-electron chi connectivity index (χ2n) is 14.0. The first-order chi connectivity index (χ1) is 27.3. The van der Waals surface area contributed by atoms with Crippen molar-refractivity contribution in [1.29, 1.82) is 0 Å². The summed E-state index contributed by atoms with van der Waals surface area (Å²) in [6, 6.07) is 9.31. The largest absolute Gasteiger partial charge is 0.507 e.